The lowest BCUT2D eigenvalue weighted by Gasteiger charge is -2.18. The maximum Gasteiger partial charge on any atom is 0.234 e. The molecule has 1 heterocycles. The largest absolute Gasteiger partial charge is 0.352 e. The van der Waals surface area contributed by atoms with Gasteiger partial charge < -0.3 is 10.6 Å². The minimum Gasteiger partial charge on any atom is -0.352 e. The van der Waals surface area contributed by atoms with Crippen molar-refractivity contribution >= 4 is 5.91 Å². The monoisotopic (exact) mass is 275 g/mol. The molecule has 0 unspecified atom stereocenters. The average Bonchev–Trinajstić information content (AvgIpc) is 2.74. The Hall–Kier alpha value is -1.42. The molecule has 1 aliphatic rings. The predicted octanol–water partition coefficient (Wildman–Crippen LogP) is 2.57. The highest BCUT2D eigenvalue weighted by atomic mass is 16.1. The van der Waals surface area contributed by atoms with E-state index >= 15 is 0 Å². The number of carbonyl (C=O) groups excluding carboxylic acids is 1. The first-order chi connectivity index (χ1) is 9.75. The van der Waals surface area contributed by atoms with Gasteiger partial charge >= 0.3 is 0 Å². The van der Waals surface area contributed by atoms with Crippen molar-refractivity contribution in [3.63, 3.8) is 0 Å². The second kappa shape index (κ2) is 8.00. The van der Waals surface area contributed by atoms with Gasteiger partial charge in [-0.25, -0.2) is 0 Å². The van der Waals surface area contributed by atoms with Gasteiger partial charge in [-0.15, -0.1) is 0 Å². The Bertz CT molecular complexity index is 399. The zero-order chi connectivity index (χ0) is 14.2. The lowest BCUT2D eigenvalue weighted by molar-refractivity contribution is -0.121. The van der Waals surface area contributed by atoms with Gasteiger partial charge in [0.25, 0.3) is 0 Å². The molecule has 20 heavy (non-hydrogen) atoms. The summed E-state index contributed by atoms with van der Waals surface area (Å²) >= 11 is 0. The molecule has 1 amide bonds. The van der Waals surface area contributed by atoms with E-state index < -0.39 is 0 Å². The molecule has 4 heteroatoms. The first kappa shape index (κ1) is 15.0. The van der Waals surface area contributed by atoms with Crippen molar-refractivity contribution in [3.05, 3.63) is 30.1 Å². The average molecular weight is 275 g/mol. The number of pyridine rings is 1. The molecule has 110 valence electrons. The van der Waals surface area contributed by atoms with E-state index in [2.05, 4.69) is 22.5 Å². The van der Waals surface area contributed by atoms with Crippen molar-refractivity contribution in [2.75, 3.05) is 6.54 Å². The minimum atomic E-state index is 0.109. The third-order valence-corrected chi connectivity index (χ3v) is 4.00. The Morgan fingerprint density at radius 3 is 2.55 bits per heavy atom. The van der Waals surface area contributed by atoms with Crippen LogP contribution in [0.4, 0.5) is 0 Å². The molecule has 1 saturated carbocycles. The standard InChI is InChI=1S/C16H25N3O/c1-13(14-8-10-17-11-9-14)18-12-16(20)19-15-6-4-2-3-5-7-15/h8-11,13,15,18H,2-7,12H2,1H3,(H,19,20)/t13-/m1/s1. The summed E-state index contributed by atoms with van der Waals surface area (Å²) in [6.07, 6.45) is 10.9. The Morgan fingerprint density at radius 1 is 1.25 bits per heavy atom. The molecule has 1 fully saturated rings. The Kier molecular flexibility index (Phi) is 5.99. The minimum absolute atomic E-state index is 0.109. The maximum absolute atomic E-state index is 12.0. The SMILES string of the molecule is C[C@@H](NCC(=O)NC1CCCCCC1)c1ccncc1. The fourth-order valence-electron chi connectivity index (χ4n) is 2.72. The molecule has 2 N–H and O–H groups in total. The van der Waals surface area contributed by atoms with Crippen LogP contribution >= 0.6 is 0 Å². The second-order valence-electron chi connectivity index (χ2n) is 5.64. The van der Waals surface area contributed by atoms with Crippen molar-refractivity contribution in [2.24, 2.45) is 0 Å². The van der Waals surface area contributed by atoms with Crippen LogP contribution in [0.3, 0.4) is 0 Å². The quantitative estimate of drug-likeness (QED) is 0.812. The summed E-state index contributed by atoms with van der Waals surface area (Å²) in [6.45, 7) is 2.44. The number of carbonyl (C=O) groups is 1. The van der Waals surface area contributed by atoms with Gasteiger partial charge in [-0.2, -0.15) is 0 Å². The van der Waals surface area contributed by atoms with Crippen LogP contribution in [0.15, 0.2) is 24.5 Å². The van der Waals surface area contributed by atoms with Crippen LogP contribution in [0.1, 0.15) is 57.1 Å². The van der Waals surface area contributed by atoms with E-state index in [1.54, 1.807) is 12.4 Å². The predicted molar refractivity (Wildman–Crippen MR) is 80.3 cm³/mol. The van der Waals surface area contributed by atoms with Crippen molar-refractivity contribution in [3.8, 4) is 0 Å². The number of hydrogen-bond donors (Lipinski definition) is 2. The molecule has 1 aromatic rings. The second-order valence-corrected chi connectivity index (χ2v) is 5.64. The van der Waals surface area contributed by atoms with Crippen molar-refractivity contribution in [1.82, 2.24) is 15.6 Å². The van der Waals surface area contributed by atoms with Gasteiger partial charge in [0, 0.05) is 24.5 Å². The van der Waals surface area contributed by atoms with Crippen molar-refractivity contribution in [2.45, 2.75) is 57.5 Å². The Morgan fingerprint density at radius 2 is 1.90 bits per heavy atom. The summed E-state index contributed by atoms with van der Waals surface area (Å²) in [5.74, 6) is 0.109. The van der Waals surface area contributed by atoms with E-state index in [1.165, 1.54) is 25.7 Å². The highest BCUT2D eigenvalue weighted by Gasteiger charge is 2.15. The topological polar surface area (TPSA) is 54.0 Å². The lowest BCUT2D eigenvalue weighted by Crippen LogP contribution is -2.40. The fourth-order valence-corrected chi connectivity index (χ4v) is 2.72. The summed E-state index contributed by atoms with van der Waals surface area (Å²) < 4.78 is 0. The summed E-state index contributed by atoms with van der Waals surface area (Å²) in [4.78, 5) is 16.0. The van der Waals surface area contributed by atoms with Gasteiger partial charge in [-0.1, -0.05) is 25.7 Å². The number of nitrogens with zero attached hydrogens (tertiary/aromatic N) is 1. The summed E-state index contributed by atoms with van der Waals surface area (Å²) in [5.41, 5.74) is 1.15. The van der Waals surface area contributed by atoms with E-state index in [9.17, 15) is 4.79 Å². The van der Waals surface area contributed by atoms with Gasteiger partial charge in [0.15, 0.2) is 0 Å². The van der Waals surface area contributed by atoms with Crippen molar-refractivity contribution < 1.29 is 4.79 Å². The number of hydrogen-bond acceptors (Lipinski definition) is 3. The normalized spacial score (nSPS) is 18.2. The molecule has 0 radical (unpaired) electrons. The highest BCUT2D eigenvalue weighted by molar-refractivity contribution is 5.78. The van der Waals surface area contributed by atoms with Gasteiger partial charge in [-0.05, 0) is 37.5 Å². The van der Waals surface area contributed by atoms with Crippen LogP contribution in [-0.4, -0.2) is 23.5 Å². The Labute approximate surface area is 121 Å². The van der Waals surface area contributed by atoms with E-state index in [-0.39, 0.29) is 11.9 Å². The molecule has 1 aliphatic carbocycles. The van der Waals surface area contributed by atoms with Crippen LogP contribution < -0.4 is 10.6 Å². The molecule has 1 aromatic heterocycles. The van der Waals surface area contributed by atoms with Gasteiger partial charge in [0.05, 0.1) is 6.54 Å². The number of aromatic nitrogens is 1. The first-order valence-corrected chi connectivity index (χ1v) is 7.68. The van der Waals surface area contributed by atoms with Crippen LogP contribution in [0.25, 0.3) is 0 Å². The van der Waals surface area contributed by atoms with Crippen molar-refractivity contribution in [1.29, 1.82) is 0 Å². The third-order valence-electron chi connectivity index (χ3n) is 4.00. The lowest BCUT2D eigenvalue weighted by atomic mass is 10.1. The number of rotatable bonds is 5. The summed E-state index contributed by atoms with van der Waals surface area (Å²) in [5, 5.41) is 6.42. The summed E-state index contributed by atoms with van der Waals surface area (Å²) in [7, 11) is 0. The molecule has 0 spiro atoms. The fraction of sp³-hybridized carbons (Fsp3) is 0.625. The first-order valence-electron chi connectivity index (χ1n) is 7.68. The molecular formula is C16H25N3O. The molecule has 0 bridgehead atoms. The third kappa shape index (κ3) is 4.93. The van der Waals surface area contributed by atoms with E-state index in [0.717, 1.165) is 18.4 Å². The molecule has 4 nitrogen and oxygen atoms in total. The van der Waals surface area contributed by atoms with Crippen LogP contribution in [0.2, 0.25) is 0 Å². The molecule has 2 rings (SSSR count). The summed E-state index contributed by atoms with van der Waals surface area (Å²) in [6, 6.07) is 4.49. The van der Waals surface area contributed by atoms with E-state index in [1.807, 2.05) is 12.1 Å². The van der Waals surface area contributed by atoms with Crippen LogP contribution in [0, 0.1) is 0 Å². The van der Waals surface area contributed by atoms with Gasteiger partial charge in [0.1, 0.15) is 0 Å². The highest BCUT2D eigenvalue weighted by Crippen LogP contribution is 2.17. The van der Waals surface area contributed by atoms with Crippen LogP contribution in [-0.2, 0) is 4.79 Å². The van der Waals surface area contributed by atoms with Crippen LogP contribution in [0.5, 0.6) is 0 Å². The van der Waals surface area contributed by atoms with E-state index in [0.29, 0.717) is 12.6 Å². The molecule has 0 aliphatic heterocycles. The molecular weight excluding hydrogens is 250 g/mol. The molecule has 1 atom stereocenters. The molecule has 0 saturated heterocycles. The van der Waals surface area contributed by atoms with Gasteiger partial charge in [-0.3, -0.25) is 9.78 Å². The Balaban J connectivity index is 1.71. The van der Waals surface area contributed by atoms with Gasteiger partial charge in [0.2, 0.25) is 5.91 Å². The molecule has 0 aromatic carbocycles. The smallest absolute Gasteiger partial charge is 0.234 e. The maximum atomic E-state index is 12.0. The zero-order valence-electron chi connectivity index (χ0n) is 12.3. The van der Waals surface area contributed by atoms with E-state index in [4.69, 9.17) is 0 Å². The zero-order valence-corrected chi connectivity index (χ0v) is 12.3. The number of amides is 1. The number of nitrogens with one attached hydrogen (secondary N) is 2.